The number of aromatic amines is 2. The van der Waals surface area contributed by atoms with Gasteiger partial charge in [-0.25, -0.2) is 0 Å². The summed E-state index contributed by atoms with van der Waals surface area (Å²) in [5.74, 6) is 0. The molecule has 14 heteroatoms. The Bertz CT molecular complexity index is 1700. The summed E-state index contributed by atoms with van der Waals surface area (Å²) < 4.78 is 0. The standard InChI is InChI=1S/2C20H23N2P.C2H2Cl2.4ClH.2Pd/c2*1-20(2,3)19-14-16(21-22-19)15-23(17-10-6-4-7-11-17)18-12-8-5-9-13-18;3-1-2(3)4-1;;;;;;/h2*4-14H,15H2,1-3H3,(H,21,22);1-2H;4*1H;;/q;;+2;;;;;;/p-4. The largest absolute Gasteiger partial charge is 1.00 e. The van der Waals surface area contributed by atoms with E-state index in [0.29, 0.717) is 0 Å². The number of hydrogen-bond acceptors (Lipinski definition) is 2. The van der Waals surface area contributed by atoms with Crippen LogP contribution in [0.5, 0.6) is 0 Å². The summed E-state index contributed by atoms with van der Waals surface area (Å²) in [4.78, 5) is 1.94. The van der Waals surface area contributed by atoms with Gasteiger partial charge in [0.05, 0.1) is 11.4 Å². The van der Waals surface area contributed by atoms with Crippen LogP contribution in [0.1, 0.15) is 64.3 Å². The second-order valence-electron chi connectivity index (χ2n) is 14.5. The van der Waals surface area contributed by atoms with Crippen LogP contribution in [0.15, 0.2) is 133 Å². The number of rotatable bonds is 8. The maximum absolute atomic E-state index is 4.56. The normalized spacial score (nSPS) is 14.4. The molecule has 0 atom stereocenters. The number of H-pyrrole nitrogens is 2. The number of halogens is 6. The third kappa shape index (κ3) is 16.7. The van der Waals surface area contributed by atoms with Crippen molar-refractivity contribution in [2.24, 2.45) is 0 Å². The molecule has 310 valence electrons. The summed E-state index contributed by atoms with van der Waals surface area (Å²) in [6.07, 6.45) is 1.94. The van der Waals surface area contributed by atoms with E-state index in [-0.39, 0.29) is 101 Å². The molecule has 2 fully saturated rings. The number of aromatic nitrogens is 4. The Morgan fingerprint density at radius 3 is 0.875 bits per heavy atom. The van der Waals surface area contributed by atoms with Gasteiger partial charge < -0.3 is 49.6 Å². The molecule has 2 aliphatic rings. The molecule has 4 nitrogen and oxygen atoms in total. The molecule has 56 heavy (non-hydrogen) atoms. The van der Waals surface area contributed by atoms with Crippen molar-refractivity contribution in [2.75, 3.05) is 0 Å². The Hall–Kier alpha value is -0.775. The van der Waals surface area contributed by atoms with Crippen molar-refractivity contribution in [3.63, 3.8) is 0 Å². The molecule has 4 aromatic carbocycles. The van der Waals surface area contributed by atoms with Gasteiger partial charge >= 0.3 is 9.67 Å². The van der Waals surface area contributed by atoms with Gasteiger partial charge in [-0.15, -0.1) is 0 Å². The van der Waals surface area contributed by atoms with Crippen LogP contribution >= 0.6 is 15.8 Å². The van der Waals surface area contributed by atoms with Gasteiger partial charge in [0.15, 0.2) is 0 Å². The minimum absolute atomic E-state index is 0. The smallest absolute Gasteiger partial charge is 0.514 e. The third-order valence-electron chi connectivity index (χ3n) is 8.33. The van der Waals surface area contributed by atoms with E-state index in [2.05, 4.69) is 217 Å². The van der Waals surface area contributed by atoms with Crippen LogP contribution in [-0.4, -0.2) is 30.1 Å². The zero-order chi connectivity index (χ0) is 35.1. The van der Waals surface area contributed by atoms with Crippen LogP contribution in [0.2, 0.25) is 0 Å². The molecule has 8 rings (SSSR count). The van der Waals surface area contributed by atoms with Crippen molar-refractivity contribution in [2.45, 2.75) is 74.4 Å². The van der Waals surface area contributed by atoms with Gasteiger partial charge in [0.25, 0.3) is 21.6 Å². The second kappa shape index (κ2) is 25.8. The van der Waals surface area contributed by atoms with Crippen LogP contribution in [0, 0.1) is 21.6 Å². The third-order valence-corrected chi connectivity index (χ3v) is 16.1. The molecule has 0 amide bonds. The van der Waals surface area contributed by atoms with Crippen LogP contribution in [0.25, 0.3) is 0 Å². The molecule has 2 N–H and O–H groups in total. The Labute approximate surface area is 396 Å². The molecular formula is C42H48Cl6N4P2Pd2-2. The summed E-state index contributed by atoms with van der Waals surface area (Å²) in [6.45, 7) is 13.3. The van der Waals surface area contributed by atoms with Crippen molar-refractivity contribution in [3.05, 3.63) is 156 Å². The van der Waals surface area contributed by atoms with Gasteiger partial charge in [-0.05, 0) is 49.2 Å². The van der Waals surface area contributed by atoms with Gasteiger partial charge in [0.1, 0.15) is 0 Å². The van der Waals surface area contributed by atoms with Crippen LogP contribution in [0.3, 0.4) is 0 Å². The van der Waals surface area contributed by atoms with Gasteiger partial charge in [-0.1, -0.05) is 163 Å². The van der Waals surface area contributed by atoms with E-state index in [9.17, 15) is 0 Å². The minimum atomic E-state index is -0.432. The topological polar surface area (TPSA) is 57.4 Å². The number of nitrogens with zero attached hydrogens (tertiary/aromatic N) is 2. The number of alkyl halides is 4. The van der Waals surface area contributed by atoms with E-state index in [1.54, 1.807) is 0 Å². The molecule has 6 aromatic rings. The average molecular weight is 1100 g/mol. The molecule has 2 saturated heterocycles. The van der Waals surface area contributed by atoms with Crippen molar-refractivity contribution in [1.82, 2.24) is 20.4 Å². The van der Waals surface area contributed by atoms with Gasteiger partial charge in [-0.2, -0.15) is 10.2 Å². The Balaban J connectivity index is 0.000000886. The maximum Gasteiger partial charge on any atom is 0.514 e. The molecule has 0 bridgehead atoms. The van der Waals surface area contributed by atoms with E-state index in [1.807, 2.05) is 0 Å². The van der Waals surface area contributed by atoms with E-state index >= 15 is 0 Å². The van der Waals surface area contributed by atoms with Gasteiger partial charge in [0, 0.05) is 75.4 Å². The molecular weight excluding hydrogens is 1050 g/mol. The van der Waals surface area contributed by atoms with Gasteiger partial charge in [0.2, 0.25) is 0 Å². The second-order valence-corrected chi connectivity index (χ2v) is 21.7. The Morgan fingerprint density at radius 1 is 0.464 bits per heavy atom. The molecule has 2 aliphatic heterocycles. The summed E-state index contributed by atoms with van der Waals surface area (Å²) in [5.41, 5.74) is 4.90. The first kappa shape index (κ1) is 55.2. The Kier molecular flexibility index (Phi) is 25.4. The average Bonchev–Trinajstić information content (AvgIpc) is 3.91. The van der Waals surface area contributed by atoms with Crippen molar-refractivity contribution < 1.29 is 112 Å². The minimum Gasteiger partial charge on any atom is -1.00 e. The monoisotopic (exact) mass is 1090 g/mol. The predicted octanol–water partition coefficient (Wildman–Crippen LogP) is -3.47. The molecule has 0 aliphatic carbocycles. The number of benzene rings is 4. The van der Waals surface area contributed by atoms with Crippen molar-refractivity contribution >= 4 is 37.1 Å². The van der Waals surface area contributed by atoms with Crippen LogP contribution in [0.4, 0.5) is 0 Å². The zero-order valence-corrected chi connectivity index (χ0v) is 41.4. The van der Waals surface area contributed by atoms with Gasteiger partial charge in [-0.3, -0.25) is 10.2 Å². The molecule has 2 aromatic heterocycles. The molecule has 0 unspecified atom stereocenters. The number of hydrogen-bond donors (Lipinski definition) is 2. The van der Waals surface area contributed by atoms with Crippen molar-refractivity contribution in [1.29, 1.82) is 0 Å². The first-order valence-electron chi connectivity index (χ1n) is 17.1. The first-order chi connectivity index (χ1) is 24.0. The number of fused-ring (bicyclic) bond motifs is 1. The summed E-state index contributed by atoms with van der Waals surface area (Å²) >= 11 is 0. The fourth-order valence-corrected chi connectivity index (χ4v) is 10.9. The quantitative estimate of drug-likeness (QED) is 0.0948. The fourth-order valence-electron chi connectivity index (χ4n) is 5.23. The van der Waals surface area contributed by atoms with E-state index in [0.717, 1.165) is 33.4 Å². The van der Waals surface area contributed by atoms with E-state index in [1.165, 1.54) is 32.6 Å². The van der Waals surface area contributed by atoms with E-state index in [4.69, 9.17) is 0 Å². The molecule has 0 spiro atoms. The summed E-state index contributed by atoms with van der Waals surface area (Å²) in [6, 6.07) is 47.6. The predicted molar refractivity (Wildman–Crippen MR) is 208 cm³/mol. The zero-order valence-electron chi connectivity index (χ0n) is 32.0. The van der Waals surface area contributed by atoms with E-state index < -0.39 is 15.8 Å². The summed E-state index contributed by atoms with van der Waals surface area (Å²) in [7, 11) is 3.97. The molecule has 4 heterocycles. The number of nitrogens with one attached hydrogen (secondary N) is 2. The molecule has 0 radical (unpaired) electrons. The van der Waals surface area contributed by atoms with Crippen LogP contribution in [-0.2, 0) is 64.0 Å². The van der Waals surface area contributed by atoms with Crippen molar-refractivity contribution in [3.8, 4) is 0 Å². The fraction of sp³-hybridized carbons (Fsp3) is 0.286. The summed E-state index contributed by atoms with van der Waals surface area (Å²) in [5, 5.41) is 21.1. The SMILES string of the molecule is CC(C)(C)c1cc(CP(c2ccccc2)c2ccccc2)n[nH]1.CC(C)(C)c1cc(CP(c2ccccc2)c2ccccc2)n[nH]1.[Cl+]1C2[Cl+]C12.[Cl-].[Cl-].[Cl-].[Cl-].[Pd].[Pd]. The maximum atomic E-state index is 4.56. The Morgan fingerprint density at radius 2 is 0.696 bits per heavy atom. The first-order valence-corrected chi connectivity index (χ1v) is 21.9. The van der Waals surface area contributed by atoms with Crippen LogP contribution < -0.4 is 70.8 Å². The molecule has 0 saturated carbocycles.